The van der Waals surface area contributed by atoms with E-state index in [1.165, 1.54) is 32.1 Å². The van der Waals surface area contributed by atoms with Crippen molar-refractivity contribution in [1.29, 1.82) is 5.26 Å². The van der Waals surface area contributed by atoms with Crippen molar-refractivity contribution in [3.8, 4) is 6.07 Å². The molecular formula is C10H15Br2N. The minimum absolute atomic E-state index is 0.324. The number of nitriles is 1. The van der Waals surface area contributed by atoms with Gasteiger partial charge in [0.1, 0.15) is 4.32 Å². The second-order valence-electron chi connectivity index (χ2n) is 3.92. The maximum atomic E-state index is 8.99. The van der Waals surface area contributed by atoms with E-state index in [0.29, 0.717) is 0 Å². The molecule has 1 aliphatic carbocycles. The number of rotatable bonds is 3. The molecule has 1 fully saturated rings. The lowest BCUT2D eigenvalue weighted by Crippen LogP contribution is -2.25. The van der Waals surface area contributed by atoms with Gasteiger partial charge >= 0.3 is 0 Å². The average Bonchev–Trinajstić information content (AvgIpc) is 2.19. The maximum Gasteiger partial charge on any atom is 0.122 e. The van der Waals surface area contributed by atoms with Gasteiger partial charge in [-0.15, -0.1) is 0 Å². The van der Waals surface area contributed by atoms with Crippen molar-refractivity contribution in [2.24, 2.45) is 5.92 Å². The van der Waals surface area contributed by atoms with Crippen LogP contribution >= 0.6 is 31.9 Å². The third kappa shape index (κ3) is 3.59. The molecule has 0 radical (unpaired) electrons. The minimum Gasteiger partial charge on any atom is -0.197 e. The number of hydrogen-bond donors (Lipinski definition) is 0. The summed E-state index contributed by atoms with van der Waals surface area (Å²) < 4.78 is -0.324. The van der Waals surface area contributed by atoms with Crippen LogP contribution in [0, 0.1) is 17.2 Å². The quantitative estimate of drug-likeness (QED) is 0.723. The van der Waals surface area contributed by atoms with E-state index < -0.39 is 0 Å². The number of nitrogens with zero attached hydrogens (tertiary/aromatic N) is 1. The molecular weight excluding hydrogens is 294 g/mol. The second kappa shape index (κ2) is 5.36. The van der Waals surface area contributed by atoms with Crippen LogP contribution in [0.15, 0.2) is 0 Å². The van der Waals surface area contributed by atoms with Crippen LogP contribution in [0.25, 0.3) is 0 Å². The lowest BCUT2D eigenvalue weighted by atomic mass is 9.83. The molecule has 0 heterocycles. The Hall–Kier alpha value is 0.450. The molecule has 1 aliphatic rings. The summed E-state index contributed by atoms with van der Waals surface area (Å²) in [6.45, 7) is 0. The van der Waals surface area contributed by atoms with Crippen LogP contribution in [0.1, 0.15) is 38.5 Å². The van der Waals surface area contributed by atoms with Crippen molar-refractivity contribution in [1.82, 2.24) is 0 Å². The van der Waals surface area contributed by atoms with E-state index in [4.69, 9.17) is 5.26 Å². The molecule has 0 bridgehead atoms. The highest BCUT2D eigenvalue weighted by Crippen LogP contribution is 2.35. The summed E-state index contributed by atoms with van der Waals surface area (Å²) in [6.07, 6.45) is 7.69. The zero-order chi connectivity index (χ0) is 9.73. The van der Waals surface area contributed by atoms with E-state index >= 15 is 0 Å². The molecule has 0 aromatic heterocycles. The zero-order valence-corrected chi connectivity index (χ0v) is 10.9. The van der Waals surface area contributed by atoms with Crippen molar-refractivity contribution in [2.45, 2.75) is 42.8 Å². The summed E-state index contributed by atoms with van der Waals surface area (Å²) in [5.74, 6) is 0.755. The molecule has 0 saturated heterocycles. The third-order valence-corrected chi connectivity index (χ3v) is 5.24. The summed E-state index contributed by atoms with van der Waals surface area (Å²) >= 11 is 6.90. The molecule has 0 aliphatic heterocycles. The first-order valence-corrected chi connectivity index (χ1v) is 6.78. The van der Waals surface area contributed by atoms with Crippen LogP contribution in [0.2, 0.25) is 0 Å². The van der Waals surface area contributed by atoms with Gasteiger partial charge in [-0.1, -0.05) is 64.0 Å². The van der Waals surface area contributed by atoms with Gasteiger partial charge in [0.25, 0.3) is 0 Å². The highest BCUT2D eigenvalue weighted by molar-refractivity contribution is 9.12. The molecule has 1 unspecified atom stereocenters. The molecule has 13 heavy (non-hydrogen) atoms. The Morgan fingerprint density at radius 2 is 1.92 bits per heavy atom. The third-order valence-electron chi connectivity index (χ3n) is 2.75. The summed E-state index contributed by atoms with van der Waals surface area (Å²) in [4.78, 5) is 0. The van der Waals surface area contributed by atoms with Gasteiger partial charge in [-0.25, -0.2) is 0 Å². The summed E-state index contributed by atoms with van der Waals surface area (Å²) in [5, 5.41) is 9.72. The lowest BCUT2D eigenvalue weighted by Gasteiger charge is -2.27. The number of alkyl halides is 2. The summed E-state index contributed by atoms with van der Waals surface area (Å²) in [6, 6.07) is 2.35. The maximum absolute atomic E-state index is 8.99. The Morgan fingerprint density at radius 3 is 2.38 bits per heavy atom. The summed E-state index contributed by atoms with van der Waals surface area (Å²) in [5.41, 5.74) is 0. The van der Waals surface area contributed by atoms with Crippen LogP contribution < -0.4 is 0 Å². The largest absolute Gasteiger partial charge is 0.197 e. The van der Waals surface area contributed by atoms with Crippen LogP contribution in [-0.4, -0.2) is 9.65 Å². The average molecular weight is 309 g/mol. The molecule has 0 aromatic rings. The lowest BCUT2D eigenvalue weighted by molar-refractivity contribution is 0.329. The molecule has 1 nitrogen and oxygen atoms in total. The fourth-order valence-electron chi connectivity index (χ4n) is 1.98. The Labute approximate surface area is 97.1 Å². The van der Waals surface area contributed by atoms with E-state index in [-0.39, 0.29) is 4.32 Å². The topological polar surface area (TPSA) is 23.8 Å². The van der Waals surface area contributed by atoms with Crippen LogP contribution in [0.4, 0.5) is 0 Å². The smallest absolute Gasteiger partial charge is 0.122 e. The van der Waals surface area contributed by atoms with Gasteiger partial charge in [-0.3, -0.25) is 0 Å². The molecule has 1 atom stereocenters. The monoisotopic (exact) mass is 307 g/mol. The standard InChI is InChI=1S/C10H15Br2N/c11-7-10(12,8-13)6-9-4-2-1-3-5-9/h9H,1-7H2. The normalized spacial score (nSPS) is 23.5. The van der Waals surface area contributed by atoms with Gasteiger partial charge < -0.3 is 0 Å². The number of halogens is 2. The molecule has 1 rings (SSSR count). The fraction of sp³-hybridized carbons (Fsp3) is 0.900. The fourth-order valence-corrected chi connectivity index (χ4v) is 2.79. The van der Waals surface area contributed by atoms with E-state index in [2.05, 4.69) is 37.9 Å². The SMILES string of the molecule is N#CC(Br)(CBr)CC1CCCCC1. The summed E-state index contributed by atoms with van der Waals surface area (Å²) in [7, 11) is 0. The highest BCUT2D eigenvalue weighted by Gasteiger charge is 2.29. The molecule has 3 heteroatoms. The van der Waals surface area contributed by atoms with Gasteiger partial charge in [0.2, 0.25) is 0 Å². The van der Waals surface area contributed by atoms with Crippen molar-refractivity contribution >= 4 is 31.9 Å². The molecule has 0 amide bonds. The van der Waals surface area contributed by atoms with Gasteiger partial charge in [0, 0.05) is 5.33 Å². The van der Waals surface area contributed by atoms with E-state index in [9.17, 15) is 0 Å². The highest BCUT2D eigenvalue weighted by atomic mass is 79.9. The van der Waals surface area contributed by atoms with Crippen molar-refractivity contribution in [2.75, 3.05) is 5.33 Å². The van der Waals surface area contributed by atoms with Crippen molar-refractivity contribution in [3.05, 3.63) is 0 Å². The van der Waals surface area contributed by atoms with Crippen molar-refractivity contribution in [3.63, 3.8) is 0 Å². The van der Waals surface area contributed by atoms with E-state index in [1.54, 1.807) is 0 Å². The van der Waals surface area contributed by atoms with Gasteiger partial charge in [0.05, 0.1) is 6.07 Å². The minimum atomic E-state index is -0.324. The van der Waals surface area contributed by atoms with E-state index in [1.807, 2.05) is 0 Å². The first-order valence-electron chi connectivity index (χ1n) is 4.86. The van der Waals surface area contributed by atoms with Crippen LogP contribution in [-0.2, 0) is 0 Å². The molecule has 1 saturated carbocycles. The Bertz CT molecular complexity index is 194. The first kappa shape index (κ1) is 11.5. The number of hydrogen-bond acceptors (Lipinski definition) is 1. The Kier molecular flexibility index (Phi) is 4.75. The predicted molar refractivity (Wildman–Crippen MR) is 62.3 cm³/mol. The Balaban J connectivity index is 2.41. The zero-order valence-electron chi connectivity index (χ0n) is 7.73. The molecule has 0 aromatic carbocycles. The predicted octanol–water partition coefficient (Wildman–Crippen LogP) is 4.01. The first-order chi connectivity index (χ1) is 6.20. The molecule has 0 spiro atoms. The van der Waals surface area contributed by atoms with Gasteiger partial charge in [0.15, 0.2) is 0 Å². The molecule has 74 valence electrons. The molecule has 0 N–H and O–H groups in total. The van der Waals surface area contributed by atoms with Crippen LogP contribution in [0.5, 0.6) is 0 Å². The van der Waals surface area contributed by atoms with E-state index in [0.717, 1.165) is 17.7 Å². The van der Waals surface area contributed by atoms with Crippen molar-refractivity contribution < 1.29 is 0 Å². The second-order valence-corrected chi connectivity index (χ2v) is 6.00. The Morgan fingerprint density at radius 1 is 1.31 bits per heavy atom. The van der Waals surface area contributed by atoms with Crippen LogP contribution in [0.3, 0.4) is 0 Å². The van der Waals surface area contributed by atoms with Gasteiger partial charge in [-0.2, -0.15) is 5.26 Å². The van der Waals surface area contributed by atoms with Gasteiger partial charge in [-0.05, 0) is 12.3 Å².